The molecule has 24 heavy (non-hydrogen) atoms. The molecule has 0 N–H and O–H groups in total. The molecule has 0 unspecified atom stereocenters. The van der Waals surface area contributed by atoms with Crippen LogP contribution in [0.2, 0.25) is 0 Å². The van der Waals surface area contributed by atoms with Crippen LogP contribution >= 0.6 is 0 Å². The third kappa shape index (κ3) is 4.85. The van der Waals surface area contributed by atoms with E-state index in [1.807, 2.05) is 7.05 Å². The number of carbonyl (C=O) groups excluding carboxylic acids is 1. The van der Waals surface area contributed by atoms with Crippen molar-refractivity contribution < 1.29 is 17.9 Å². The maximum atomic E-state index is 12.1. The number of amides is 1. The number of hydrogen-bond donors (Lipinski definition) is 0. The zero-order valence-electron chi connectivity index (χ0n) is 14.4. The first-order valence-corrected chi connectivity index (χ1v) is 9.83. The number of benzene rings is 1. The van der Waals surface area contributed by atoms with Gasteiger partial charge in [0.1, 0.15) is 5.75 Å². The van der Waals surface area contributed by atoms with Gasteiger partial charge in [0.2, 0.25) is 10.0 Å². The summed E-state index contributed by atoms with van der Waals surface area (Å²) in [4.78, 5) is 16.1. The molecular formula is C16H25N3O4S. The van der Waals surface area contributed by atoms with Crippen molar-refractivity contribution in [2.75, 3.05) is 56.9 Å². The number of piperazine rings is 1. The quantitative estimate of drug-likeness (QED) is 0.748. The predicted molar refractivity (Wildman–Crippen MR) is 93.9 cm³/mol. The number of likely N-dealkylation sites (N-methyl/N-ethyl adjacent to an activating group) is 1. The van der Waals surface area contributed by atoms with Crippen molar-refractivity contribution in [1.29, 1.82) is 0 Å². The topological polar surface area (TPSA) is 70.2 Å². The predicted octanol–water partition coefficient (Wildman–Crippen LogP) is 0.625. The average Bonchev–Trinajstić information content (AvgIpc) is 2.54. The molecule has 7 nitrogen and oxygen atoms in total. The average molecular weight is 355 g/mol. The SMILES string of the molecule is CCN(c1ccc(OCC(=O)N2CCN(C)CC2)cc1)S(C)(=O)=O. The minimum atomic E-state index is -3.30. The molecule has 0 saturated carbocycles. The van der Waals surface area contributed by atoms with Gasteiger partial charge in [-0.3, -0.25) is 9.10 Å². The molecule has 1 fully saturated rings. The van der Waals surface area contributed by atoms with Gasteiger partial charge in [0, 0.05) is 32.7 Å². The van der Waals surface area contributed by atoms with Crippen LogP contribution in [-0.4, -0.2) is 76.8 Å². The summed E-state index contributed by atoms with van der Waals surface area (Å²) < 4.78 is 30.2. The van der Waals surface area contributed by atoms with Crippen LogP contribution in [0, 0.1) is 0 Å². The lowest BCUT2D eigenvalue weighted by Gasteiger charge is -2.32. The molecule has 1 aliphatic heterocycles. The Morgan fingerprint density at radius 2 is 1.75 bits per heavy atom. The summed E-state index contributed by atoms with van der Waals surface area (Å²) in [5, 5.41) is 0. The highest BCUT2D eigenvalue weighted by Crippen LogP contribution is 2.21. The fourth-order valence-corrected chi connectivity index (χ4v) is 3.58. The van der Waals surface area contributed by atoms with E-state index in [-0.39, 0.29) is 12.5 Å². The molecule has 1 aliphatic rings. The van der Waals surface area contributed by atoms with Crippen LogP contribution in [0.4, 0.5) is 5.69 Å². The lowest BCUT2D eigenvalue weighted by Crippen LogP contribution is -2.48. The van der Waals surface area contributed by atoms with E-state index < -0.39 is 10.0 Å². The van der Waals surface area contributed by atoms with E-state index in [0.717, 1.165) is 26.2 Å². The Morgan fingerprint density at radius 3 is 2.25 bits per heavy atom. The van der Waals surface area contributed by atoms with Crippen molar-refractivity contribution in [2.45, 2.75) is 6.92 Å². The van der Waals surface area contributed by atoms with Crippen molar-refractivity contribution in [1.82, 2.24) is 9.80 Å². The summed E-state index contributed by atoms with van der Waals surface area (Å²) in [5.41, 5.74) is 0.581. The molecular weight excluding hydrogens is 330 g/mol. The third-order valence-corrected chi connectivity index (χ3v) is 5.30. The molecule has 1 aromatic carbocycles. The molecule has 0 spiro atoms. The molecule has 0 bridgehead atoms. The number of carbonyl (C=O) groups is 1. The number of anilines is 1. The Labute approximate surface area is 143 Å². The van der Waals surface area contributed by atoms with E-state index in [0.29, 0.717) is 18.0 Å². The third-order valence-electron chi connectivity index (χ3n) is 4.03. The van der Waals surface area contributed by atoms with Gasteiger partial charge in [-0.05, 0) is 38.2 Å². The Hall–Kier alpha value is -1.80. The van der Waals surface area contributed by atoms with Crippen LogP contribution in [0.1, 0.15) is 6.92 Å². The van der Waals surface area contributed by atoms with Crippen LogP contribution < -0.4 is 9.04 Å². The smallest absolute Gasteiger partial charge is 0.260 e. The maximum Gasteiger partial charge on any atom is 0.260 e. The van der Waals surface area contributed by atoms with Crippen LogP contribution in [-0.2, 0) is 14.8 Å². The van der Waals surface area contributed by atoms with Gasteiger partial charge in [-0.1, -0.05) is 0 Å². The molecule has 8 heteroatoms. The molecule has 0 atom stereocenters. The zero-order valence-corrected chi connectivity index (χ0v) is 15.3. The number of hydrogen-bond acceptors (Lipinski definition) is 5. The van der Waals surface area contributed by atoms with Crippen LogP contribution in [0.5, 0.6) is 5.75 Å². The lowest BCUT2D eigenvalue weighted by atomic mass is 10.3. The monoisotopic (exact) mass is 355 g/mol. The van der Waals surface area contributed by atoms with E-state index in [9.17, 15) is 13.2 Å². The van der Waals surface area contributed by atoms with E-state index in [1.54, 1.807) is 36.1 Å². The van der Waals surface area contributed by atoms with Gasteiger partial charge in [0.05, 0.1) is 11.9 Å². The highest BCUT2D eigenvalue weighted by Gasteiger charge is 2.19. The number of nitrogens with zero attached hydrogens (tertiary/aromatic N) is 3. The van der Waals surface area contributed by atoms with Gasteiger partial charge in [-0.25, -0.2) is 8.42 Å². The van der Waals surface area contributed by atoms with Gasteiger partial charge in [0.25, 0.3) is 5.91 Å². The van der Waals surface area contributed by atoms with Crippen molar-refractivity contribution in [3.63, 3.8) is 0 Å². The highest BCUT2D eigenvalue weighted by atomic mass is 32.2. The Bertz CT molecular complexity index is 652. The first-order chi connectivity index (χ1) is 11.3. The van der Waals surface area contributed by atoms with E-state index in [4.69, 9.17) is 4.74 Å². The molecule has 1 aromatic rings. The fraction of sp³-hybridized carbons (Fsp3) is 0.562. The second kappa shape index (κ2) is 7.85. The standard InChI is InChI=1S/C16H25N3O4S/c1-4-19(24(3,21)22)14-5-7-15(8-6-14)23-13-16(20)18-11-9-17(2)10-12-18/h5-8H,4,9-13H2,1-3H3. The largest absolute Gasteiger partial charge is 0.484 e. The summed E-state index contributed by atoms with van der Waals surface area (Å²) in [6.07, 6.45) is 1.18. The molecule has 0 aromatic heterocycles. The first-order valence-electron chi connectivity index (χ1n) is 7.98. The van der Waals surface area contributed by atoms with E-state index in [2.05, 4.69) is 4.90 Å². The van der Waals surface area contributed by atoms with Crippen LogP contribution in [0.15, 0.2) is 24.3 Å². The maximum absolute atomic E-state index is 12.1. The number of rotatable bonds is 6. The second-order valence-corrected chi connectivity index (χ2v) is 7.80. The summed E-state index contributed by atoms with van der Waals surface area (Å²) >= 11 is 0. The zero-order chi connectivity index (χ0) is 17.7. The molecule has 0 radical (unpaired) electrons. The van der Waals surface area contributed by atoms with Crippen LogP contribution in [0.25, 0.3) is 0 Å². The van der Waals surface area contributed by atoms with Crippen molar-refractivity contribution >= 4 is 21.6 Å². The van der Waals surface area contributed by atoms with Gasteiger partial charge < -0.3 is 14.5 Å². The van der Waals surface area contributed by atoms with E-state index >= 15 is 0 Å². The Balaban J connectivity index is 1.91. The summed E-state index contributed by atoms with van der Waals surface area (Å²) in [7, 11) is -1.26. The highest BCUT2D eigenvalue weighted by molar-refractivity contribution is 7.92. The minimum Gasteiger partial charge on any atom is -0.484 e. The second-order valence-electron chi connectivity index (χ2n) is 5.89. The summed E-state index contributed by atoms with van der Waals surface area (Å²) in [5.74, 6) is 0.518. The van der Waals surface area contributed by atoms with Gasteiger partial charge in [-0.15, -0.1) is 0 Å². The number of sulfonamides is 1. The Kier molecular flexibility index (Phi) is 6.06. The molecule has 1 saturated heterocycles. The Morgan fingerprint density at radius 1 is 1.17 bits per heavy atom. The van der Waals surface area contributed by atoms with Crippen LogP contribution in [0.3, 0.4) is 0 Å². The van der Waals surface area contributed by atoms with E-state index in [1.165, 1.54) is 10.6 Å². The molecule has 134 valence electrons. The molecule has 0 aliphatic carbocycles. The molecule has 2 rings (SSSR count). The number of ether oxygens (including phenoxy) is 1. The lowest BCUT2D eigenvalue weighted by molar-refractivity contribution is -0.134. The van der Waals surface area contributed by atoms with Crippen molar-refractivity contribution in [2.24, 2.45) is 0 Å². The minimum absolute atomic E-state index is 0.00731. The van der Waals surface area contributed by atoms with Crippen molar-refractivity contribution in [3.8, 4) is 5.75 Å². The molecule has 1 amide bonds. The van der Waals surface area contributed by atoms with Gasteiger partial charge in [-0.2, -0.15) is 0 Å². The van der Waals surface area contributed by atoms with Crippen molar-refractivity contribution in [3.05, 3.63) is 24.3 Å². The van der Waals surface area contributed by atoms with Gasteiger partial charge >= 0.3 is 0 Å². The summed E-state index contributed by atoms with van der Waals surface area (Å²) in [6.45, 7) is 5.32. The van der Waals surface area contributed by atoms with Gasteiger partial charge in [0.15, 0.2) is 6.61 Å². The molecule has 1 heterocycles. The first kappa shape index (κ1) is 18.5. The fourth-order valence-electron chi connectivity index (χ4n) is 2.61. The normalized spacial score (nSPS) is 16.0. The summed E-state index contributed by atoms with van der Waals surface area (Å²) in [6, 6.07) is 6.72.